The molecule has 4 nitrogen and oxygen atoms in total. The Balaban J connectivity index is 2.28. The molecule has 0 bridgehead atoms. The monoisotopic (exact) mass is 319 g/mol. The third-order valence-corrected chi connectivity index (χ3v) is 4.62. The fourth-order valence-electron chi connectivity index (χ4n) is 3.35. The summed E-state index contributed by atoms with van der Waals surface area (Å²) in [5.74, 6) is 1.73. The summed E-state index contributed by atoms with van der Waals surface area (Å²) in [5, 5.41) is 0. The second-order valence-corrected chi connectivity index (χ2v) is 6.58. The summed E-state index contributed by atoms with van der Waals surface area (Å²) >= 11 is 0. The molecule has 1 aliphatic heterocycles. The van der Waals surface area contributed by atoms with Crippen LogP contribution >= 0.6 is 0 Å². The molecular weight excluding hydrogens is 290 g/mol. The SMILES string of the molecule is COc1ccc(C(C(=O)N2CCCCCC2)C(C)C)cc1OC. The van der Waals surface area contributed by atoms with Crippen molar-refractivity contribution in [1.29, 1.82) is 0 Å². The van der Waals surface area contributed by atoms with Gasteiger partial charge in [-0.25, -0.2) is 0 Å². The lowest BCUT2D eigenvalue weighted by molar-refractivity contribution is -0.133. The largest absolute Gasteiger partial charge is 0.493 e. The van der Waals surface area contributed by atoms with Gasteiger partial charge in [-0.2, -0.15) is 0 Å². The third kappa shape index (κ3) is 4.18. The number of methoxy groups -OCH3 is 2. The van der Waals surface area contributed by atoms with Crippen molar-refractivity contribution in [3.05, 3.63) is 23.8 Å². The van der Waals surface area contributed by atoms with Crippen LogP contribution in [-0.2, 0) is 4.79 Å². The van der Waals surface area contributed by atoms with E-state index < -0.39 is 0 Å². The minimum Gasteiger partial charge on any atom is -0.493 e. The molecule has 0 aromatic heterocycles. The first-order chi connectivity index (χ1) is 11.1. The van der Waals surface area contributed by atoms with Gasteiger partial charge in [-0.05, 0) is 36.5 Å². The minimum absolute atomic E-state index is 0.132. The molecule has 0 radical (unpaired) electrons. The van der Waals surface area contributed by atoms with E-state index in [0.29, 0.717) is 11.5 Å². The van der Waals surface area contributed by atoms with E-state index in [1.165, 1.54) is 12.8 Å². The highest BCUT2D eigenvalue weighted by atomic mass is 16.5. The zero-order valence-electron chi connectivity index (χ0n) is 14.8. The molecular formula is C19H29NO3. The summed E-state index contributed by atoms with van der Waals surface area (Å²) in [5.41, 5.74) is 1.01. The summed E-state index contributed by atoms with van der Waals surface area (Å²) in [6.45, 7) is 5.98. The fourth-order valence-corrected chi connectivity index (χ4v) is 3.35. The Hall–Kier alpha value is -1.71. The fraction of sp³-hybridized carbons (Fsp3) is 0.632. The number of likely N-dealkylation sites (tertiary alicyclic amines) is 1. The number of rotatable bonds is 5. The maximum atomic E-state index is 13.1. The van der Waals surface area contributed by atoms with Gasteiger partial charge in [-0.1, -0.05) is 32.8 Å². The Morgan fingerprint density at radius 2 is 1.61 bits per heavy atom. The van der Waals surface area contributed by atoms with E-state index in [4.69, 9.17) is 9.47 Å². The van der Waals surface area contributed by atoms with Gasteiger partial charge in [0.2, 0.25) is 5.91 Å². The average Bonchev–Trinajstić information content (AvgIpc) is 2.83. The Kier molecular flexibility index (Phi) is 6.31. The summed E-state index contributed by atoms with van der Waals surface area (Å²) in [6.07, 6.45) is 4.68. The lowest BCUT2D eigenvalue weighted by Crippen LogP contribution is -2.37. The molecule has 1 aromatic carbocycles. The first-order valence-corrected chi connectivity index (χ1v) is 8.59. The molecule has 1 unspecified atom stereocenters. The highest BCUT2D eigenvalue weighted by Crippen LogP contribution is 2.34. The first kappa shape index (κ1) is 17.6. The smallest absolute Gasteiger partial charge is 0.230 e. The van der Waals surface area contributed by atoms with E-state index >= 15 is 0 Å². The van der Waals surface area contributed by atoms with Crippen molar-refractivity contribution in [1.82, 2.24) is 4.90 Å². The molecule has 2 rings (SSSR count). The molecule has 0 aliphatic carbocycles. The predicted octanol–water partition coefficient (Wildman–Crippen LogP) is 3.85. The van der Waals surface area contributed by atoms with Gasteiger partial charge in [0.15, 0.2) is 11.5 Å². The van der Waals surface area contributed by atoms with Crippen molar-refractivity contribution >= 4 is 5.91 Å². The number of ether oxygens (including phenoxy) is 2. The van der Waals surface area contributed by atoms with E-state index in [0.717, 1.165) is 31.5 Å². The highest BCUT2D eigenvalue weighted by Gasteiger charge is 2.29. The molecule has 1 aromatic rings. The molecule has 1 saturated heterocycles. The third-order valence-electron chi connectivity index (χ3n) is 4.62. The van der Waals surface area contributed by atoms with Crippen molar-refractivity contribution < 1.29 is 14.3 Å². The Labute approximate surface area is 139 Å². The van der Waals surface area contributed by atoms with Crippen LogP contribution in [0.5, 0.6) is 11.5 Å². The van der Waals surface area contributed by atoms with Gasteiger partial charge in [0.25, 0.3) is 0 Å². The van der Waals surface area contributed by atoms with Crippen LogP contribution in [0, 0.1) is 5.92 Å². The molecule has 1 amide bonds. The molecule has 4 heteroatoms. The van der Waals surface area contributed by atoms with Crippen LogP contribution in [0.1, 0.15) is 51.0 Å². The molecule has 0 saturated carbocycles. The molecule has 128 valence electrons. The van der Waals surface area contributed by atoms with Gasteiger partial charge < -0.3 is 14.4 Å². The normalized spacial score (nSPS) is 16.8. The molecule has 0 spiro atoms. The standard InChI is InChI=1S/C19H29NO3/c1-14(2)18(19(21)20-11-7-5-6-8-12-20)15-9-10-16(22-3)17(13-15)23-4/h9-10,13-14,18H,5-8,11-12H2,1-4H3. The topological polar surface area (TPSA) is 38.8 Å². The van der Waals surface area contributed by atoms with Gasteiger partial charge >= 0.3 is 0 Å². The summed E-state index contributed by atoms with van der Waals surface area (Å²) in [6, 6.07) is 5.82. The van der Waals surface area contributed by atoms with Crippen LogP contribution in [0.15, 0.2) is 18.2 Å². The average molecular weight is 319 g/mol. The lowest BCUT2D eigenvalue weighted by Gasteiger charge is -2.29. The molecule has 1 atom stereocenters. The maximum absolute atomic E-state index is 13.1. The second-order valence-electron chi connectivity index (χ2n) is 6.58. The van der Waals surface area contributed by atoms with E-state index in [-0.39, 0.29) is 17.7 Å². The van der Waals surface area contributed by atoms with Gasteiger partial charge in [-0.3, -0.25) is 4.79 Å². The molecule has 1 heterocycles. The predicted molar refractivity (Wildman–Crippen MR) is 92.2 cm³/mol. The summed E-state index contributed by atoms with van der Waals surface area (Å²) in [4.78, 5) is 15.2. The van der Waals surface area contributed by atoms with E-state index in [9.17, 15) is 4.79 Å². The van der Waals surface area contributed by atoms with E-state index in [1.807, 2.05) is 23.1 Å². The van der Waals surface area contributed by atoms with Gasteiger partial charge in [0.05, 0.1) is 20.1 Å². The van der Waals surface area contributed by atoms with E-state index in [2.05, 4.69) is 13.8 Å². The number of hydrogen-bond acceptors (Lipinski definition) is 3. The maximum Gasteiger partial charge on any atom is 0.230 e. The summed E-state index contributed by atoms with van der Waals surface area (Å²) < 4.78 is 10.7. The number of carbonyl (C=O) groups is 1. The van der Waals surface area contributed by atoms with Crippen molar-refractivity contribution in [2.24, 2.45) is 5.92 Å². The van der Waals surface area contributed by atoms with Crippen molar-refractivity contribution in [3.8, 4) is 11.5 Å². The quantitative estimate of drug-likeness (QED) is 0.827. The van der Waals surface area contributed by atoms with Gasteiger partial charge in [0, 0.05) is 13.1 Å². The zero-order chi connectivity index (χ0) is 16.8. The van der Waals surface area contributed by atoms with Gasteiger partial charge in [-0.15, -0.1) is 0 Å². The minimum atomic E-state index is -0.132. The van der Waals surface area contributed by atoms with Crippen LogP contribution in [0.3, 0.4) is 0 Å². The van der Waals surface area contributed by atoms with Crippen molar-refractivity contribution in [2.75, 3.05) is 27.3 Å². The van der Waals surface area contributed by atoms with Crippen molar-refractivity contribution in [2.45, 2.75) is 45.4 Å². The Morgan fingerprint density at radius 3 is 2.13 bits per heavy atom. The molecule has 1 fully saturated rings. The molecule has 23 heavy (non-hydrogen) atoms. The number of carbonyl (C=O) groups excluding carboxylic acids is 1. The number of benzene rings is 1. The van der Waals surface area contributed by atoms with Gasteiger partial charge in [0.1, 0.15) is 0 Å². The Bertz CT molecular complexity index is 519. The second kappa shape index (κ2) is 8.23. The van der Waals surface area contributed by atoms with Crippen LogP contribution in [0.4, 0.5) is 0 Å². The Morgan fingerprint density at radius 1 is 1.00 bits per heavy atom. The molecule has 1 aliphatic rings. The van der Waals surface area contributed by atoms with Crippen LogP contribution in [0.2, 0.25) is 0 Å². The van der Waals surface area contributed by atoms with Crippen LogP contribution in [0.25, 0.3) is 0 Å². The van der Waals surface area contributed by atoms with Crippen LogP contribution in [-0.4, -0.2) is 38.1 Å². The number of amides is 1. The highest BCUT2D eigenvalue weighted by molar-refractivity contribution is 5.84. The number of hydrogen-bond donors (Lipinski definition) is 0. The molecule has 0 N–H and O–H groups in total. The zero-order valence-corrected chi connectivity index (χ0v) is 14.8. The van der Waals surface area contributed by atoms with Crippen LogP contribution < -0.4 is 9.47 Å². The van der Waals surface area contributed by atoms with Crippen molar-refractivity contribution in [3.63, 3.8) is 0 Å². The van der Waals surface area contributed by atoms with E-state index in [1.54, 1.807) is 14.2 Å². The summed E-state index contributed by atoms with van der Waals surface area (Å²) in [7, 11) is 3.25. The number of nitrogens with zero attached hydrogens (tertiary/aromatic N) is 1. The lowest BCUT2D eigenvalue weighted by atomic mass is 9.87. The first-order valence-electron chi connectivity index (χ1n) is 8.59.